The van der Waals surface area contributed by atoms with E-state index < -0.39 is 29.4 Å². The molecule has 1 aromatic heterocycles. The van der Waals surface area contributed by atoms with Crippen LogP contribution in [0.15, 0.2) is 60.9 Å². The van der Waals surface area contributed by atoms with Crippen LogP contribution in [0.2, 0.25) is 0 Å². The quantitative estimate of drug-likeness (QED) is 0.568. The largest absolute Gasteiger partial charge is 0.481 e. The van der Waals surface area contributed by atoms with Crippen LogP contribution in [0.1, 0.15) is 35.6 Å². The van der Waals surface area contributed by atoms with Gasteiger partial charge in [-0.15, -0.1) is 0 Å². The minimum Gasteiger partial charge on any atom is -0.481 e. The number of hydrogen-bond donors (Lipinski definition) is 2. The highest BCUT2D eigenvalue weighted by Gasteiger charge is 2.49. The Labute approximate surface area is 202 Å². The summed E-state index contributed by atoms with van der Waals surface area (Å²) in [5, 5.41) is 16.1. The van der Waals surface area contributed by atoms with Gasteiger partial charge < -0.3 is 20.1 Å². The number of nitrogens with zero attached hydrogens (tertiary/aromatic N) is 3. The number of aliphatic carboxylic acids is 1. The van der Waals surface area contributed by atoms with Gasteiger partial charge in [0.1, 0.15) is 18.1 Å². The third-order valence-electron chi connectivity index (χ3n) is 6.82. The second-order valence-electron chi connectivity index (χ2n) is 9.41. The average Bonchev–Trinajstić information content (AvgIpc) is 3.40. The smallest absolute Gasteiger partial charge is 0.408 e. The van der Waals surface area contributed by atoms with E-state index >= 15 is 0 Å². The normalized spacial score (nSPS) is 16.6. The number of carbonyl (C=O) groups is 3. The summed E-state index contributed by atoms with van der Waals surface area (Å²) in [5.74, 6) is -1.46. The van der Waals surface area contributed by atoms with Crippen LogP contribution in [0.25, 0.3) is 11.1 Å². The van der Waals surface area contributed by atoms with E-state index in [4.69, 9.17) is 4.74 Å². The van der Waals surface area contributed by atoms with Crippen LogP contribution in [0.4, 0.5) is 4.79 Å². The summed E-state index contributed by atoms with van der Waals surface area (Å²) in [7, 11) is 1.71. The first-order valence-corrected chi connectivity index (χ1v) is 11.4. The summed E-state index contributed by atoms with van der Waals surface area (Å²) in [4.78, 5) is 38.9. The molecule has 9 nitrogen and oxygen atoms in total. The zero-order valence-electron chi connectivity index (χ0n) is 19.5. The standard InChI is InChI=1S/C26H26N4O5/c1-26(24(32)33)14-30(15-26)23(31)22(16-11-27-29(2)12-16)28-25(34)35-13-21-19-9-5-3-7-17(19)18-8-4-6-10-20(18)21/h3-12,21-22H,13-15H2,1-2H3,(H,28,34)(H,32,33). The maximum Gasteiger partial charge on any atom is 0.408 e. The highest BCUT2D eigenvalue weighted by atomic mass is 16.5. The van der Waals surface area contributed by atoms with E-state index in [9.17, 15) is 19.5 Å². The van der Waals surface area contributed by atoms with Crippen LogP contribution in [-0.2, 0) is 21.4 Å². The van der Waals surface area contributed by atoms with Crippen molar-refractivity contribution in [3.63, 3.8) is 0 Å². The van der Waals surface area contributed by atoms with Crippen molar-refractivity contribution in [2.75, 3.05) is 19.7 Å². The predicted molar refractivity (Wildman–Crippen MR) is 126 cm³/mol. The first-order valence-electron chi connectivity index (χ1n) is 11.4. The van der Waals surface area contributed by atoms with Gasteiger partial charge in [-0.2, -0.15) is 5.10 Å². The number of alkyl carbamates (subject to hydrolysis) is 1. The molecule has 35 heavy (non-hydrogen) atoms. The van der Waals surface area contributed by atoms with Crippen LogP contribution in [0.5, 0.6) is 0 Å². The molecule has 2 amide bonds. The summed E-state index contributed by atoms with van der Waals surface area (Å²) >= 11 is 0. The Hall–Kier alpha value is -4.14. The lowest BCUT2D eigenvalue weighted by molar-refractivity contribution is -0.164. The number of aromatic nitrogens is 2. The number of carboxylic acid groups (broad SMARTS) is 1. The lowest BCUT2D eigenvalue weighted by Gasteiger charge is -2.45. The number of rotatable bonds is 6. The molecule has 2 N–H and O–H groups in total. The first kappa shape index (κ1) is 22.6. The van der Waals surface area contributed by atoms with Gasteiger partial charge in [0, 0.05) is 37.8 Å². The van der Waals surface area contributed by atoms with Gasteiger partial charge >= 0.3 is 12.1 Å². The second-order valence-corrected chi connectivity index (χ2v) is 9.41. The van der Waals surface area contributed by atoms with Crippen LogP contribution in [0.3, 0.4) is 0 Å². The minimum atomic E-state index is -1.03. The Morgan fingerprint density at radius 2 is 1.71 bits per heavy atom. The van der Waals surface area contributed by atoms with Crippen LogP contribution >= 0.6 is 0 Å². The summed E-state index contributed by atoms with van der Waals surface area (Å²) in [6.45, 7) is 1.86. The van der Waals surface area contributed by atoms with Gasteiger partial charge in [0.2, 0.25) is 5.91 Å². The molecule has 180 valence electrons. The number of likely N-dealkylation sites (tertiary alicyclic amines) is 1. The molecular formula is C26H26N4O5. The van der Waals surface area contributed by atoms with E-state index in [1.54, 1.807) is 20.2 Å². The zero-order chi connectivity index (χ0) is 24.7. The number of ether oxygens (including phenoxy) is 1. The zero-order valence-corrected chi connectivity index (χ0v) is 19.5. The molecule has 9 heteroatoms. The van der Waals surface area contributed by atoms with Crippen molar-refractivity contribution in [3.05, 3.63) is 77.6 Å². The first-order chi connectivity index (χ1) is 16.8. The second kappa shape index (κ2) is 8.57. The Bertz CT molecular complexity index is 1260. The molecule has 1 aliphatic heterocycles. The maximum absolute atomic E-state index is 13.2. The van der Waals surface area contributed by atoms with Crippen molar-refractivity contribution in [1.29, 1.82) is 0 Å². The van der Waals surface area contributed by atoms with Crippen molar-refractivity contribution in [2.45, 2.75) is 18.9 Å². The molecule has 0 bridgehead atoms. The van der Waals surface area contributed by atoms with Gasteiger partial charge in [0.05, 0.1) is 6.20 Å². The molecule has 1 unspecified atom stereocenters. The molecule has 2 heterocycles. The van der Waals surface area contributed by atoms with Gasteiger partial charge in [0.15, 0.2) is 0 Å². The predicted octanol–water partition coefficient (Wildman–Crippen LogP) is 2.93. The van der Waals surface area contributed by atoms with Crippen LogP contribution < -0.4 is 5.32 Å². The molecule has 0 saturated carbocycles. The SMILES string of the molecule is Cn1cc(C(NC(=O)OCC2c3ccccc3-c3ccccc32)C(=O)N2CC(C)(C(=O)O)C2)cn1. The molecule has 1 atom stereocenters. The van der Waals surface area contributed by atoms with E-state index in [2.05, 4.69) is 22.5 Å². The number of nitrogens with one attached hydrogen (secondary N) is 1. The number of hydrogen-bond acceptors (Lipinski definition) is 5. The fourth-order valence-corrected chi connectivity index (χ4v) is 4.90. The Morgan fingerprint density at radius 3 is 2.26 bits per heavy atom. The summed E-state index contributed by atoms with van der Waals surface area (Å²) in [6, 6.07) is 15.1. The Kier molecular flexibility index (Phi) is 5.55. The van der Waals surface area contributed by atoms with Crippen molar-refractivity contribution < 1.29 is 24.2 Å². The number of aryl methyl sites for hydroxylation is 1. The third kappa shape index (κ3) is 4.03. The molecule has 1 saturated heterocycles. The molecule has 5 rings (SSSR count). The molecular weight excluding hydrogens is 448 g/mol. The number of benzene rings is 2. The molecule has 2 aliphatic rings. The summed E-state index contributed by atoms with van der Waals surface area (Å²) < 4.78 is 7.15. The molecule has 2 aromatic carbocycles. The summed E-state index contributed by atoms with van der Waals surface area (Å²) in [5.41, 5.74) is 3.94. The number of carboxylic acids is 1. The highest BCUT2D eigenvalue weighted by molar-refractivity contribution is 5.89. The van der Waals surface area contributed by atoms with Crippen molar-refractivity contribution in [3.8, 4) is 11.1 Å². The lowest BCUT2D eigenvalue weighted by Crippen LogP contribution is -2.62. The van der Waals surface area contributed by atoms with E-state index in [1.807, 2.05) is 36.4 Å². The van der Waals surface area contributed by atoms with E-state index in [1.165, 1.54) is 15.8 Å². The van der Waals surface area contributed by atoms with Gasteiger partial charge in [-0.25, -0.2) is 4.79 Å². The average molecular weight is 475 g/mol. The van der Waals surface area contributed by atoms with Crippen molar-refractivity contribution in [1.82, 2.24) is 20.0 Å². The monoisotopic (exact) mass is 474 g/mol. The topological polar surface area (TPSA) is 114 Å². The van der Waals surface area contributed by atoms with E-state index in [0.717, 1.165) is 22.3 Å². The fraction of sp³-hybridized carbons (Fsp3) is 0.308. The molecule has 3 aromatic rings. The molecule has 1 aliphatic carbocycles. The third-order valence-corrected chi connectivity index (χ3v) is 6.82. The molecule has 1 fully saturated rings. The van der Waals surface area contributed by atoms with Crippen LogP contribution in [-0.4, -0.2) is 57.5 Å². The maximum atomic E-state index is 13.2. The van der Waals surface area contributed by atoms with Gasteiger partial charge in [-0.3, -0.25) is 14.3 Å². The molecule has 0 radical (unpaired) electrons. The van der Waals surface area contributed by atoms with Crippen LogP contribution in [0, 0.1) is 5.41 Å². The highest BCUT2D eigenvalue weighted by Crippen LogP contribution is 2.44. The van der Waals surface area contributed by atoms with Crippen molar-refractivity contribution >= 4 is 18.0 Å². The van der Waals surface area contributed by atoms with Gasteiger partial charge in [0.25, 0.3) is 0 Å². The Balaban J connectivity index is 1.30. The number of amides is 2. The Morgan fingerprint density at radius 1 is 1.11 bits per heavy atom. The van der Waals surface area contributed by atoms with E-state index in [0.29, 0.717) is 5.56 Å². The van der Waals surface area contributed by atoms with E-state index in [-0.39, 0.29) is 25.6 Å². The van der Waals surface area contributed by atoms with Gasteiger partial charge in [-0.05, 0) is 29.2 Å². The summed E-state index contributed by atoms with van der Waals surface area (Å²) in [6.07, 6.45) is 2.42. The fourth-order valence-electron chi connectivity index (χ4n) is 4.90. The van der Waals surface area contributed by atoms with Crippen molar-refractivity contribution in [2.24, 2.45) is 12.5 Å². The van der Waals surface area contributed by atoms with Gasteiger partial charge in [-0.1, -0.05) is 48.5 Å². The number of fused-ring (bicyclic) bond motifs is 3. The minimum absolute atomic E-state index is 0.0737. The lowest BCUT2D eigenvalue weighted by atomic mass is 9.81. The molecule has 0 spiro atoms. The number of carbonyl (C=O) groups excluding carboxylic acids is 2.